The minimum atomic E-state index is -4.20. The van der Waals surface area contributed by atoms with Gasteiger partial charge in [-0.15, -0.1) is 0 Å². The van der Waals surface area contributed by atoms with Gasteiger partial charge >= 0.3 is 7.60 Å². The molecule has 2 bridgehead atoms. The summed E-state index contributed by atoms with van der Waals surface area (Å²) in [7, 11) is -0.753. The summed E-state index contributed by atoms with van der Waals surface area (Å²) >= 11 is 0. The molecule has 6 nitrogen and oxygen atoms in total. The highest BCUT2D eigenvalue weighted by Crippen LogP contribution is 2.42. The Morgan fingerprint density at radius 2 is 2.29 bits per heavy atom. The lowest BCUT2D eigenvalue weighted by Gasteiger charge is -2.52. The predicted molar refractivity (Wildman–Crippen MR) is 62.5 cm³/mol. The monoisotopic (exact) mass is 262 g/mol. The van der Waals surface area contributed by atoms with E-state index in [1.165, 1.54) is 6.08 Å². The molecule has 8 heteroatoms. The number of rotatable bonds is 3. The van der Waals surface area contributed by atoms with Crippen molar-refractivity contribution >= 4 is 15.4 Å². The molecule has 0 aromatic heterocycles. The molecule has 0 aromatic rings. The Hall–Kier alpha value is -0.165. The Bertz CT molecular complexity index is 368. The fourth-order valence-electron chi connectivity index (χ4n) is 2.38. The molecule has 3 rings (SSSR count). The zero-order valence-electron chi connectivity index (χ0n) is 9.78. The summed E-state index contributed by atoms with van der Waals surface area (Å²) in [6.45, 7) is 0.261. The van der Waals surface area contributed by atoms with Gasteiger partial charge in [0, 0.05) is 19.3 Å². The lowest BCUT2D eigenvalue weighted by atomic mass is 9.78. The van der Waals surface area contributed by atoms with Crippen molar-refractivity contribution in [3.05, 3.63) is 11.9 Å². The van der Waals surface area contributed by atoms with Crippen LogP contribution < -0.4 is 0 Å². The molecule has 4 atom stereocenters. The van der Waals surface area contributed by atoms with Gasteiger partial charge < -0.3 is 24.0 Å². The molecule has 0 spiro atoms. The highest BCUT2D eigenvalue weighted by molar-refractivity contribution is 7.55. The highest BCUT2D eigenvalue weighted by Gasteiger charge is 2.52. The second-order valence-corrected chi connectivity index (χ2v) is 5.97. The van der Waals surface area contributed by atoms with Gasteiger partial charge in [-0.25, -0.2) is 0 Å². The zero-order valence-corrected chi connectivity index (χ0v) is 10.7. The van der Waals surface area contributed by atoms with Gasteiger partial charge in [-0.2, -0.15) is 0 Å². The standard InChI is InChI=1S/C9H16BO6P/c1-14-7-4-6-8(10)16-9(7,5-15-6)2-3-17(11,12)13/h2-3,6-8H,4-5,10H2,1H3,(H2,11,12,13)/b3-2+/t6-,7+,8?,9+/m1/s1. The Morgan fingerprint density at radius 3 is 2.82 bits per heavy atom. The van der Waals surface area contributed by atoms with Crippen LogP contribution >= 0.6 is 7.60 Å². The molecule has 2 N–H and O–H groups in total. The van der Waals surface area contributed by atoms with Gasteiger partial charge in [0.2, 0.25) is 0 Å². The first-order valence-corrected chi connectivity index (χ1v) is 7.12. The predicted octanol–water partition coefficient (Wildman–Crippen LogP) is -0.790. The number of ether oxygens (including phenoxy) is 3. The summed E-state index contributed by atoms with van der Waals surface area (Å²) in [5, 5.41) is 0. The second kappa shape index (κ2) is 4.50. The van der Waals surface area contributed by atoms with Crippen LogP contribution in [-0.4, -0.2) is 55.2 Å². The van der Waals surface area contributed by atoms with E-state index in [-0.39, 0.29) is 24.8 Å². The van der Waals surface area contributed by atoms with E-state index in [0.29, 0.717) is 6.42 Å². The number of fused-ring (bicyclic) bond motifs is 3. The summed E-state index contributed by atoms with van der Waals surface area (Å²) in [6.07, 6.45) is 1.81. The molecule has 3 aliphatic heterocycles. The molecule has 3 fully saturated rings. The van der Waals surface area contributed by atoms with Crippen LogP contribution in [0.4, 0.5) is 0 Å². The molecule has 0 saturated carbocycles. The van der Waals surface area contributed by atoms with E-state index in [0.717, 1.165) is 5.82 Å². The molecule has 96 valence electrons. The fourth-order valence-corrected chi connectivity index (χ4v) is 2.83. The maximum absolute atomic E-state index is 10.9. The number of hydrogen-bond donors (Lipinski definition) is 2. The Morgan fingerprint density at radius 1 is 1.59 bits per heavy atom. The lowest BCUT2D eigenvalue weighted by molar-refractivity contribution is -0.273. The van der Waals surface area contributed by atoms with Crippen molar-refractivity contribution < 1.29 is 28.6 Å². The van der Waals surface area contributed by atoms with Crippen molar-refractivity contribution in [3.8, 4) is 0 Å². The van der Waals surface area contributed by atoms with Crippen molar-refractivity contribution in [3.63, 3.8) is 0 Å². The van der Waals surface area contributed by atoms with Crippen LogP contribution in [0.5, 0.6) is 0 Å². The average molecular weight is 262 g/mol. The van der Waals surface area contributed by atoms with Crippen LogP contribution in [0.1, 0.15) is 6.42 Å². The molecular formula is C9H16BO6P. The van der Waals surface area contributed by atoms with Crippen LogP contribution in [-0.2, 0) is 18.8 Å². The average Bonchev–Trinajstić information content (AvgIpc) is 2.26. The van der Waals surface area contributed by atoms with Crippen LogP contribution in [0.2, 0.25) is 0 Å². The van der Waals surface area contributed by atoms with Gasteiger partial charge in [0.15, 0.2) is 0 Å². The molecular weight excluding hydrogens is 246 g/mol. The highest BCUT2D eigenvalue weighted by atomic mass is 31.2. The Kier molecular flexibility index (Phi) is 3.51. The minimum absolute atomic E-state index is 0.00900. The minimum Gasteiger partial charge on any atom is -0.378 e. The van der Waals surface area contributed by atoms with Crippen molar-refractivity contribution in [2.75, 3.05) is 13.7 Å². The molecule has 0 aliphatic carbocycles. The second-order valence-electron chi connectivity index (χ2n) is 4.49. The molecule has 0 amide bonds. The third kappa shape index (κ3) is 2.65. The molecule has 17 heavy (non-hydrogen) atoms. The first-order valence-electron chi connectivity index (χ1n) is 5.44. The van der Waals surface area contributed by atoms with E-state index in [9.17, 15) is 4.57 Å². The van der Waals surface area contributed by atoms with E-state index in [1.54, 1.807) is 7.11 Å². The number of methoxy groups -OCH3 is 1. The van der Waals surface area contributed by atoms with E-state index in [2.05, 4.69) is 0 Å². The van der Waals surface area contributed by atoms with Gasteiger partial charge in [0.1, 0.15) is 13.4 Å². The van der Waals surface area contributed by atoms with E-state index in [4.69, 9.17) is 24.0 Å². The Labute approximate surface area is 101 Å². The topological polar surface area (TPSA) is 85.2 Å². The van der Waals surface area contributed by atoms with Crippen molar-refractivity contribution in [1.29, 1.82) is 0 Å². The van der Waals surface area contributed by atoms with Crippen molar-refractivity contribution in [1.82, 2.24) is 0 Å². The smallest absolute Gasteiger partial charge is 0.348 e. The number of hydrogen-bond acceptors (Lipinski definition) is 4. The van der Waals surface area contributed by atoms with Crippen LogP contribution in [0.3, 0.4) is 0 Å². The van der Waals surface area contributed by atoms with Gasteiger partial charge in [0.05, 0.1) is 24.8 Å². The van der Waals surface area contributed by atoms with E-state index in [1.807, 2.05) is 7.85 Å². The first-order chi connectivity index (χ1) is 7.86. The molecule has 1 unspecified atom stereocenters. The third-order valence-electron chi connectivity index (χ3n) is 3.28. The molecule has 3 heterocycles. The summed E-state index contributed by atoms with van der Waals surface area (Å²) in [5.74, 6) is 0.862. The van der Waals surface area contributed by atoms with Crippen molar-refractivity contribution in [2.24, 2.45) is 0 Å². The summed E-state index contributed by atoms with van der Waals surface area (Å²) in [5.41, 5.74) is -0.885. The lowest BCUT2D eigenvalue weighted by Crippen LogP contribution is -2.64. The fraction of sp³-hybridized carbons (Fsp3) is 0.778. The van der Waals surface area contributed by atoms with Crippen molar-refractivity contribution in [2.45, 2.75) is 30.2 Å². The maximum atomic E-state index is 10.9. The summed E-state index contributed by atoms with van der Waals surface area (Å²) in [4.78, 5) is 17.8. The van der Waals surface area contributed by atoms with E-state index >= 15 is 0 Å². The maximum Gasteiger partial charge on any atom is 0.348 e. The SMILES string of the molecule is BC1O[C@@]2(/C=C/P(=O)(O)O)CO[C@@H]1C[C@@H]2OC. The van der Waals surface area contributed by atoms with E-state index < -0.39 is 13.2 Å². The molecule has 0 aromatic carbocycles. The Balaban J connectivity index is 2.25. The quantitative estimate of drug-likeness (QED) is 0.512. The van der Waals surface area contributed by atoms with Gasteiger partial charge in [0.25, 0.3) is 0 Å². The third-order valence-corrected chi connectivity index (χ3v) is 3.82. The van der Waals surface area contributed by atoms with Gasteiger partial charge in [-0.05, 0) is 6.08 Å². The van der Waals surface area contributed by atoms with Crippen LogP contribution in [0, 0.1) is 0 Å². The normalized spacial score (nSPS) is 42.2. The first kappa shape index (κ1) is 13.3. The summed E-state index contributed by atoms with van der Waals surface area (Å²) in [6, 6.07) is -0.100. The van der Waals surface area contributed by atoms with Crippen LogP contribution in [0.15, 0.2) is 11.9 Å². The molecule has 3 saturated heterocycles. The summed E-state index contributed by atoms with van der Waals surface area (Å²) < 4.78 is 27.6. The van der Waals surface area contributed by atoms with Gasteiger partial charge in [-0.3, -0.25) is 4.57 Å². The molecule has 3 aliphatic rings. The van der Waals surface area contributed by atoms with Gasteiger partial charge in [-0.1, -0.05) is 0 Å². The molecule has 0 radical (unpaired) electrons. The zero-order chi connectivity index (χ0) is 12.7. The largest absolute Gasteiger partial charge is 0.378 e. The van der Waals surface area contributed by atoms with Crippen LogP contribution in [0.25, 0.3) is 0 Å².